The summed E-state index contributed by atoms with van der Waals surface area (Å²) in [5.74, 6) is -0.224. The average Bonchev–Trinajstić information content (AvgIpc) is 2.78. The number of hydrogen-bond acceptors (Lipinski definition) is 3. The van der Waals surface area contributed by atoms with E-state index < -0.39 is 0 Å². The Morgan fingerprint density at radius 2 is 1.95 bits per heavy atom. The minimum atomic E-state index is -0.224. The molecule has 1 amide bonds. The lowest BCUT2D eigenvalue weighted by Crippen LogP contribution is -2.19. The number of carbonyl (C=O) groups excluding carboxylic acids is 1. The standard InChI is InChI=1S/C15H18N4O2/c1-10-3-5-12(6-4-10)9-16-18-14(20)8-7-13-11(2)17-19-15(13)21/h3-6,9H,7-8H2,1-2H3,(H,18,20)(H2,17,19,21)/b16-9-. The summed E-state index contributed by atoms with van der Waals surface area (Å²) in [7, 11) is 0. The van der Waals surface area contributed by atoms with Crippen LogP contribution in [0.4, 0.5) is 0 Å². The van der Waals surface area contributed by atoms with Crippen LogP contribution in [0.15, 0.2) is 34.2 Å². The Morgan fingerprint density at radius 1 is 1.24 bits per heavy atom. The highest BCUT2D eigenvalue weighted by molar-refractivity contribution is 5.82. The van der Waals surface area contributed by atoms with Gasteiger partial charge < -0.3 is 5.10 Å². The van der Waals surface area contributed by atoms with Gasteiger partial charge in [0.1, 0.15) is 0 Å². The first-order valence-electron chi connectivity index (χ1n) is 6.71. The van der Waals surface area contributed by atoms with Gasteiger partial charge >= 0.3 is 0 Å². The van der Waals surface area contributed by atoms with Crippen LogP contribution in [0.2, 0.25) is 0 Å². The summed E-state index contributed by atoms with van der Waals surface area (Å²) >= 11 is 0. The molecule has 6 heteroatoms. The second-order valence-electron chi connectivity index (χ2n) is 4.89. The number of carbonyl (C=O) groups is 1. The van der Waals surface area contributed by atoms with Crippen LogP contribution in [0.5, 0.6) is 0 Å². The van der Waals surface area contributed by atoms with E-state index in [0.29, 0.717) is 12.0 Å². The normalized spacial score (nSPS) is 11.0. The van der Waals surface area contributed by atoms with Crippen LogP contribution >= 0.6 is 0 Å². The molecular formula is C15H18N4O2. The first kappa shape index (κ1) is 14.8. The van der Waals surface area contributed by atoms with Crippen molar-refractivity contribution in [2.45, 2.75) is 26.7 Å². The van der Waals surface area contributed by atoms with Crippen molar-refractivity contribution in [1.82, 2.24) is 15.6 Å². The zero-order chi connectivity index (χ0) is 15.2. The molecule has 2 rings (SSSR count). The van der Waals surface area contributed by atoms with Crippen LogP contribution < -0.4 is 11.0 Å². The van der Waals surface area contributed by atoms with E-state index in [9.17, 15) is 9.59 Å². The molecule has 110 valence electrons. The largest absolute Gasteiger partial charge is 0.302 e. The molecule has 0 unspecified atom stereocenters. The fraction of sp³-hybridized carbons (Fsp3) is 0.267. The first-order valence-corrected chi connectivity index (χ1v) is 6.71. The Labute approximate surface area is 122 Å². The molecule has 0 aliphatic carbocycles. The molecule has 2 aromatic rings. The zero-order valence-electron chi connectivity index (χ0n) is 12.1. The van der Waals surface area contributed by atoms with Crippen LogP contribution in [0, 0.1) is 13.8 Å². The van der Waals surface area contributed by atoms with E-state index in [2.05, 4.69) is 20.7 Å². The fourth-order valence-electron chi connectivity index (χ4n) is 1.90. The summed E-state index contributed by atoms with van der Waals surface area (Å²) < 4.78 is 0. The molecule has 0 saturated carbocycles. The lowest BCUT2D eigenvalue weighted by atomic mass is 10.1. The van der Waals surface area contributed by atoms with Crippen LogP contribution in [0.1, 0.15) is 28.8 Å². The smallest absolute Gasteiger partial charge is 0.267 e. The molecule has 1 aromatic carbocycles. The number of hydrazone groups is 1. The predicted octanol–water partition coefficient (Wildman–Crippen LogP) is 1.40. The number of rotatable bonds is 5. The molecule has 0 radical (unpaired) electrons. The number of benzene rings is 1. The van der Waals surface area contributed by atoms with Crippen molar-refractivity contribution >= 4 is 12.1 Å². The monoisotopic (exact) mass is 286 g/mol. The highest BCUT2D eigenvalue weighted by atomic mass is 16.2. The Morgan fingerprint density at radius 3 is 2.57 bits per heavy atom. The Kier molecular flexibility index (Phi) is 4.71. The predicted molar refractivity (Wildman–Crippen MR) is 81.4 cm³/mol. The second kappa shape index (κ2) is 6.69. The minimum Gasteiger partial charge on any atom is -0.302 e. The molecule has 6 nitrogen and oxygen atoms in total. The summed E-state index contributed by atoms with van der Waals surface area (Å²) in [5, 5.41) is 9.12. The first-order chi connectivity index (χ1) is 10.1. The second-order valence-corrected chi connectivity index (χ2v) is 4.89. The average molecular weight is 286 g/mol. The van der Waals surface area contributed by atoms with E-state index in [4.69, 9.17) is 0 Å². The molecule has 0 atom stereocenters. The van der Waals surface area contributed by atoms with Crippen LogP contribution in [0.3, 0.4) is 0 Å². The van der Waals surface area contributed by atoms with Crippen molar-refractivity contribution in [3.05, 3.63) is 57.0 Å². The number of nitrogens with zero attached hydrogens (tertiary/aromatic N) is 1. The quantitative estimate of drug-likeness (QED) is 0.573. The van der Waals surface area contributed by atoms with Crippen LogP contribution in [-0.2, 0) is 11.2 Å². The van der Waals surface area contributed by atoms with Crippen LogP contribution in [-0.4, -0.2) is 22.3 Å². The van der Waals surface area contributed by atoms with Gasteiger partial charge in [-0.25, -0.2) is 5.43 Å². The lowest BCUT2D eigenvalue weighted by molar-refractivity contribution is -0.121. The third-order valence-electron chi connectivity index (χ3n) is 3.17. The van der Waals surface area contributed by atoms with Crippen molar-refractivity contribution in [3.63, 3.8) is 0 Å². The van der Waals surface area contributed by atoms with Gasteiger partial charge in [0.15, 0.2) is 0 Å². The molecule has 0 spiro atoms. The number of aromatic nitrogens is 2. The van der Waals surface area contributed by atoms with Gasteiger partial charge in [-0.05, 0) is 25.8 Å². The maximum atomic E-state index is 11.7. The number of nitrogens with one attached hydrogen (secondary N) is 3. The van der Waals surface area contributed by atoms with Gasteiger partial charge in [0.25, 0.3) is 5.56 Å². The SMILES string of the molecule is Cc1ccc(/C=N\NC(=O)CCc2c(C)[nH][nH]c2=O)cc1. The molecule has 0 fully saturated rings. The van der Waals surface area contributed by atoms with Crippen molar-refractivity contribution in [3.8, 4) is 0 Å². The molecule has 0 saturated heterocycles. The van der Waals surface area contributed by atoms with Gasteiger partial charge in [-0.1, -0.05) is 29.8 Å². The molecular weight excluding hydrogens is 268 g/mol. The third-order valence-corrected chi connectivity index (χ3v) is 3.17. The van der Waals surface area contributed by atoms with E-state index in [1.165, 1.54) is 5.56 Å². The summed E-state index contributed by atoms with van der Waals surface area (Å²) in [4.78, 5) is 23.1. The van der Waals surface area contributed by atoms with E-state index in [1.54, 1.807) is 13.1 Å². The van der Waals surface area contributed by atoms with Gasteiger partial charge in [-0.3, -0.25) is 14.7 Å². The highest BCUT2D eigenvalue weighted by Gasteiger charge is 2.08. The maximum Gasteiger partial charge on any atom is 0.267 e. The topological polar surface area (TPSA) is 90.1 Å². The summed E-state index contributed by atoms with van der Waals surface area (Å²) in [6.45, 7) is 3.80. The van der Waals surface area contributed by atoms with Gasteiger partial charge in [0, 0.05) is 17.7 Å². The third kappa shape index (κ3) is 4.17. The maximum absolute atomic E-state index is 11.7. The van der Waals surface area contributed by atoms with Crippen molar-refractivity contribution < 1.29 is 4.79 Å². The number of amides is 1. The molecule has 0 aliphatic rings. The zero-order valence-corrected chi connectivity index (χ0v) is 12.1. The van der Waals surface area contributed by atoms with E-state index >= 15 is 0 Å². The summed E-state index contributed by atoms with van der Waals surface area (Å²) in [6, 6.07) is 7.80. The minimum absolute atomic E-state index is 0.177. The number of aromatic amines is 2. The number of H-pyrrole nitrogens is 2. The summed E-state index contributed by atoms with van der Waals surface area (Å²) in [5.41, 5.74) is 5.73. The van der Waals surface area contributed by atoms with Crippen molar-refractivity contribution in [2.75, 3.05) is 0 Å². The Bertz CT molecular complexity index is 695. The van der Waals surface area contributed by atoms with E-state index in [1.807, 2.05) is 31.2 Å². The van der Waals surface area contributed by atoms with Gasteiger partial charge in [-0.2, -0.15) is 5.10 Å². The Balaban J connectivity index is 1.82. The number of hydrogen-bond donors (Lipinski definition) is 3. The molecule has 0 bridgehead atoms. The Hall–Kier alpha value is -2.63. The van der Waals surface area contributed by atoms with Gasteiger partial charge in [0.2, 0.25) is 5.91 Å². The number of aryl methyl sites for hydroxylation is 2. The molecule has 21 heavy (non-hydrogen) atoms. The van der Waals surface area contributed by atoms with Gasteiger partial charge in [-0.15, -0.1) is 0 Å². The van der Waals surface area contributed by atoms with E-state index in [-0.39, 0.29) is 17.9 Å². The molecule has 1 heterocycles. The molecule has 1 aromatic heterocycles. The van der Waals surface area contributed by atoms with Crippen LogP contribution in [0.25, 0.3) is 0 Å². The van der Waals surface area contributed by atoms with Gasteiger partial charge in [0.05, 0.1) is 6.21 Å². The fourth-order valence-corrected chi connectivity index (χ4v) is 1.90. The molecule has 0 aliphatic heterocycles. The van der Waals surface area contributed by atoms with Crippen molar-refractivity contribution in [1.29, 1.82) is 0 Å². The van der Waals surface area contributed by atoms with E-state index in [0.717, 1.165) is 11.3 Å². The highest BCUT2D eigenvalue weighted by Crippen LogP contribution is 2.01. The summed E-state index contributed by atoms with van der Waals surface area (Å²) in [6.07, 6.45) is 2.19. The van der Waals surface area contributed by atoms with Crippen molar-refractivity contribution in [2.24, 2.45) is 5.10 Å². The molecule has 3 N–H and O–H groups in total. The lowest BCUT2D eigenvalue weighted by Gasteiger charge is -1.99.